The van der Waals surface area contributed by atoms with Crippen LogP contribution in [0.2, 0.25) is 0 Å². The third-order valence-corrected chi connectivity index (χ3v) is 4.34. The van der Waals surface area contributed by atoms with Gasteiger partial charge in [0.1, 0.15) is 0 Å². The highest BCUT2D eigenvalue weighted by Crippen LogP contribution is 2.15. The minimum Gasteiger partial charge on any atom is -0.314 e. The van der Waals surface area contributed by atoms with Crippen LogP contribution in [0.1, 0.15) is 29.2 Å². The van der Waals surface area contributed by atoms with Crippen molar-refractivity contribution < 1.29 is 0 Å². The lowest BCUT2D eigenvalue weighted by molar-refractivity contribution is 0.522. The fourth-order valence-electron chi connectivity index (χ4n) is 2.41. The van der Waals surface area contributed by atoms with Gasteiger partial charge in [-0.2, -0.15) is 11.3 Å². The largest absolute Gasteiger partial charge is 0.314 e. The molecule has 1 N–H and O–H groups in total. The van der Waals surface area contributed by atoms with Crippen LogP contribution < -0.4 is 5.32 Å². The molecule has 0 spiro atoms. The van der Waals surface area contributed by atoms with Crippen LogP contribution in [-0.4, -0.2) is 12.6 Å². The Morgan fingerprint density at radius 1 is 1.05 bits per heavy atom. The highest BCUT2D eigenvalue weighted by Gasteiger charge is 2.10. The van der Waals surface area contributed by atoms with Gasteiger partial charge in [-0.05, 0) is 72.3 Å². The quantitative estimate of drug-likeness (QED) is 0.834. The molecular weight excluding hydrogens is 250 g/mol. The zero-order valence-corrected chi connectivity index (χ0v) is 12.9. The van der Waals surface area contributed by atoms with Crippen LogP contribution in [0.4, 0.5) is 0 Å². The average molecular weight is 273 g/mol. The number of rotatable bonds is 6. The van der Waals surface area contributed by atoms with Gasteiger partial charge in [-0.1, -0.05) is 25.1 Å². The Balaban J connectivity index is 2.05. The van der Waals surface area contributed by atoms with E-state index in [1.807, 2.05) is 0 Å². The van der Waals surface area contributed by atoms with Crippen molar-refractivity contribution in [2.75, 3.05) is 6.54 Å². The van der Waals surface area contributed by atoms with E-state index >= 15 is 0 Å². The second-order valence-electron chi connectivity index (χ2n) is 5.21. The summed E-state index contributed by atoms with van der Waals surface area (Å²) in [5.74, 6) is 0. The lowest BCUT2D eigenvalue weighted by Crippen LogP contribution is -2.32. The topological polar surface area (TPSA) is 12.0 Å². The van der Waals surface area contributed by atoms with E-state index in [1.165, 1.54) is 22.3 Å². The van der Waals surface area contributed by atoms with E-state index in [-0.39, 0.29) is 0 Å². The number of hydrogen-bond acceptors (Lipinski definition) is 2. The third kappa shape index (κ3) is 4.19. The molecule has 102 valence electrons. The molecule has 1 heterocycles. The average Bonchev–Trinajstić information content (AvgIpc) is 2.87. The Morgan fingerprint density at radius 2 is 1.84 bits per heavy atom. The van der Waals surface area contributed by atoms with Crippen molar-refractivity contribution in [1.29, 1.82) is 0 Å². The van der Waals surface area contributed by atoms with Gasteiger partial charge in [0.2, 0.25) is 0 Å². The van der Waals surface area contributed by atoms with E-state index in [2.05, 4.69) is 61.1 Å². The van der Waals surface area contributed by atoms with Crippen molar-refractivity contribution in [3.05, 3.63) is 57.3 Å². The van der Waals surface area contributed by atoms with E-state index < -0.39 is 0 Å². The van der Waals surface area contributed by atoms with Gasteiger partial charge >= 0.3 is 0 Å². The predicted octanol–water partition coefficient (Wildman–Crippen LogP) is 4.13. The summed E-state index contributed by atoms with van der Waals surface area (Å²) < 4.78 is 0. The number of aryl methyl sites for hydroxylation is 2. The molecule has 2 heteroatoms. The molecule has 1 aromatic carbocycles. The zero-order chi connectivity index (χ0) is 13.7. The number of benzene rings is 1. The molecule has 2 rings (SSSR count). The van der Waals surface area contributed by atoms with Crippen molar-refractivity contribution in [1.82, 2.24) is 5.32 Å². The summed E-state index contributed by atoms with van der Waals surface area (Å²) in [6.07, 6.45) is 2.22. The maximum absolute atomic E-state index is 3.61. The summed E-state index contributed by atoms with van der Waals surface area (Å²) in [5, 5.41) is 8.02. The monoisotopic (exact) mass is 273 g/mol. The van der Waals surface area contributed by atoms with E-state index in [1.54, 1.807) is 11.3 Å². The summed E-state index contributed by atoms with van der Waals surface area (Å²) in [5.41, 5.74) is 5.65. The van der Waals surface area contributed by atoms with E-state index in [9.17, 15) is 0 Å². The molecule has 0 aliphatic heterocycles. The van der Waals surface area contributed by atoms with Gasteiger partial charge in [0.15, 0.2) is 0 Å². The number of nitrogens with one attached hydrogen (secondary N) is 1. The van der Waals surface area contributed by atoms with Gasteiger partial charge in [0.25, 0.3) is 0 Å². The van der Waals surface area contributed by atoms with E-state index in [0.29, 0.717) is 6.04 Å². The molecule has 0 radical (unpaired) electrons. The maximum Gasteiger partial charge on any atom is 0.0148 e. The summed E-state index contributed by atoms with van der Waals surface area (Å²) in [7, 11) is 0. The number of likely N-dealkylation sites (N-methyl/N-ethyl adjacent to an activating group) is 1. The minimum atomic E-state index is 0.529. The lowest BCUT2D eigenvalue weighted by atomic mass is 9.97. The highest BCUT2D eigenvalue weighted by atomic mass is 32.1. The second kappa shape index (κ2) is 6.88. The molecule has 0 saturated carbocycles. The van der Waals surface area contributed by atoms with Crippen molar-refractivity contribution in [2.24, 2.45) is 0 Å². The van der Waals surface area contributed by atoms with Crippen molar-refractivity contribution in [3.63, 3.8) is 0 Å². The molecular formula is C17H23NS. The van der Waals surface area contributed by atoms with Crippen LogP contribution in [0, 0.1) is 13.8 Å². The molecule has 19 heavy (non-hydrogen) atoms. The predicted molar refractivity (Wildman–Crippen MR) is 85.1 cm³/mol. The molecule has 0 fully saturated rings. The molecule has 0 amide bonds. The fourth-order valence-corrected chi connectivity index (χ4v) is 3.10. The smallest absolute Gasteiger partial charge is 0.0148 e. The Labute approximate surface area is 120 Å². The zero-order valence-electron chi connectivity index (χ0n) is 12.1. The van der Waals surface area contributed by atoms with E-state index in [4.69, 9.17) is 0 Å². The van der Waals surface area contributed by atoms with Gasteiger partial charge in [0.05, 0.1) is 0 Å². The first-order valence-electron chi connectivity index (χ1n) is 6.99. The van der Waals surface area contributed by atoms with Crippen LogP contribution in [0.15, 0.2) is 35.0 Å². The van der Waals surface area contributed by atoms with E-state index in [0.717, 1.165) is 19.4 Å². The minimum absolute atomic E-state index is 0.529. The first-order chi connectivity index (χ1) is 9.19. The molecule has 0 saturated heterocycles. The third-order valence-electron chi connectivity index (χ3n) is 3.61. The van der Waals surface area contributed by atoms with Crippen LogP contribution >= 0.6 is 11.3 Å². The number of thiophene rings is 1. The molecule has 0 bridgehead atoms. The molecule has 1 nitrogen and oxygen atoms in total. The normalized spacial score (nSPS) is 12.6. The van der Waals surface area contributed by atoms with Crippen molar-refractivity contribution in [2.45, 2.75) is 39.7 Å². The molecule has 1 unspecified atom stereocenters. The van der Waals surface area contributed by atoms with Crippen molar-refractivity contribution >= 4 is 11.3 Å². The Morgan fingerprint density at radius 3 is 2.47 bits per heavy atom. The first-order valence-corrected chi connectivity index (χ1v) is 7.94. The summed E-state index contributed by atoms with van der Waals surface area (Å²) in [6.45, 7) is 7.58. The SMILES string of the molecule is CCNC(Cc1ccsc1)Cc1ccc(C)c(C)c1. The van der Waals surface area contributed by atoms with Crippen LogP contribution in [0.5, 0.6) is 0 Å². The fraction of sp³-hybridized carbons (Fsp3) is 0.412. The van der Waals surface area contributed by atoms with Crippen LogP contribution in [-0.2, 0) is 12.8 Å². The molecule has 0 aliphatic rings. The molecule has 1 aromatic heterocycles. The summed E-state index contributed by atoms with van der Waals surface area (Å²) >= 11 is 1.78. The van der Waals surface area contributed by atoms with Gasteiger partial charge in [0, 0.05) is 6.04 Å². The van der Waals surface area contributed by atoms with Crippen LogP contribution in [0.3, 0.4) is 0 Å². The highest BCUT2D eigenvalue weighted by molar-refractivity contribution is 7.07. The van der Waals surface area contributed by atoms with Crippen LogP contribution in [0.25, 0.3) is 0 Å². The summed E-state index contributed by atoms with van der Waals surface area (Å²) in [4.78, 5) is 0. The van der Waals surface area contributed by atoms with Gasteiger partial charge in [-0.15, -0.1) is 0 Å². The van der Waals surface area contributed by atoms with Crippen molar-refractivity contribution in [3.8, 4) is 0 Å². The van der Waals surface area contributed by atoms with Gasteiger partial charge in [-0.25, -0.2) is 0 Å². The standard InChI is InChI=1S/C17H23NS/c1-4-18-17(11-16-7-8-19-12-16)10-15-6-5-13(2)14(3)9-15/h5-9,12,17-18H,4,10-11H2,1-3H3. The Kier molecular flexibility index (Phi) is 5.17. The summed E-state index contributed by atoms with van der Waals surface area (Å²) in [6, 6.07) is 9.59. The van der Waals surface area contributed by atoms with Gasteiger partial charge in [-0.3, -0.25) is 0 Å². The second-order valence-corrected chi connectivity index (χ2v) is 5.99. The maximum atomic E-state index is 3.61. The lowest BCUT2D eigenvalue weighted by Gasteiger charge is -2.18. The molecule has 2 aromatic rings. The molecule has 1 atom stereocenters. The molecule has 0 aliphatic carbocycles. The number of hydrogen-bond donors (Lipinski definition) is 1. The Hall–Kier alpha value is -1.12. The van der Waals surface area contributed by atoms with Gasteiger partial charge < -0.3 is 5.32 Å². The Bertz CT molecular complexity index is 502. The first kappa shape index (κ1) is 14.3.